The van der Waals surface area contributed by atoms with E-state index in [-0.39, 0.29) is 11.6 Å². The van der Waals surface area contributed by atoms with Crippen molar-refractivity contribution in [1.82, 2.24) is 19.6 Å². The number of hydrogen-bond donors (Lipinski definition) is 1. The van der Waals surface area contributed by atoms with Crippen molar-refractivity contribution in [1.29, 1.82) is 0 Å². The number of hydrogen-bond acceptors (Lipinski definition) is 4. The molecule has 1 unspecified atom stereocenters. The molecule has 3 aliphatic rings. The van der Waals surface area contributed by atoms with Gasteiger partial charge >= 0.3 is 0 Å². The highest BCUT2D eigenvalue weighted by molar-refractivity contribution is 5.87. The van der Waals surface area contributed by atoms with Crippen LogP contribution in [0.5, 0.6) is 0 Å². The molecule has 1 atom stereocenters. The van der Waals surface area contributed by atoms with E-state index in [0.717, 1.165) is 77.5 Å². The minimum atomic E-state index is -0.276. The first-order valence-electron chi connectivity index (χ1n) is 9.91. The van der Waals surface area contributed by atoms with Gasteiger partial charge in [-0.3, -0.25) is 14.4 Å². The maximum atomic E-state index is 13.5. The summed E-state index contributed by atoms with van der Waals surface area (Å²) in [6.45, 7) is 3.65. The van der Waals surface area contributed by atoms with Crippen molar-refractivity contribution < 1.29 is 9.90 Å². The molecular formula is C19H30N4O2. The Morgan fingerprint density at radius 1 is 1.12 bits per heavy atom. The van der Waals surface area contributed by atoms with Gasteiger partial charge in [0.15, 0.2) is 0 Å². The average molecular weight is 346 g/mol. The summed E-state index contributed by atoms with van der Waals surface area (Å²) in [6.07, 6.45) is 11.4. The Morgan fingerprint density at radius 2 is 1.88 bits per heavy atom. The molecule has 138 valence electrons. The highest BCUT2D eigenvalue weighted by Crippen LogP contribution is 2.40. The summed E-state index contributed by atoms with van der Waals surface area (Å²) in [5.41, 5.74) is -0.276. The van der Waals surface area contributed by atoms with Gasteiger partial charge in [0.25, 0.3) is 0 Å². The summed E-state index contributed by atoms with van der Waals surface area (Å²) in [5, 5.41) is 14.1. The largest absolute Gasteiger partial charge is 0.393 e. The van der Waals surface area contributed by atoms with Crippen LogP contribution >= 0.6 is 0 Å². The second-order valence-electron chi connectivity index (χ2n) is 7.96. The summed E-state index contributed by atoms with van der Waals surface area (Å²) in [7, 11) is 0. The Bertz CT molecular complexity index is 582. The molecule has 0 radical (unpaired) electrons. The fourth-order valence-corrected chi connectivity index (χ4v) is 5.18. The van der Waals surface area contributed by atoms with Crippen LogP contribution < -0.4 is 0 Å². The first-order valence-corrected chi connectivity index (χ1v) is 9.91. The van der Waals surface area contributed by atoms with Gasteiger partial charge in [0.1, 0.15) is 5.54 Å². The maximum absolute atomic E-state index is 13.5. The van der Waals surface area contributed by atoms with Crippen molar-refractivity contribution in [2.75, 3.05) is 19.6 Å². The predicted molar refractivity (Wildman–Crippen MR) is 95.0 cm³/mol. The van der Waals surface area contributed by atoms with Gasteiger partial charge in [-0.15, -0.1) is 0 Å². The minimum Gasteiger partial charge on any atom is -0.393 e. The lowest BCUT2D eigenvalue weighted by Crippen LogP contribution is -2.62. The number of likely N-dealkylation sites (tertiary alicyclic amines) is 2. The van der Waals surface area contributed by atoms with Crippen LogP contribution in [0.15, 0.2) is 18.5 Å². The van der Waals surface area contributed by atoms with Crippen molar-refractivity contribution >= 4 is 5.91 Å². The van der Waals surface area contributed by atoms with Crippen LogP contribution in [0, 0.1) is 0 Å². The molecule has 2 aliphatic heterocycles. The third-order valence-electron chi connectivity index (χ3n) is 6.54. The molecule has 1 aromatic rings. The molecule has 2 saturated heterocycles. The number of nitrogens with zero attached hydrogens (tertiary/aromatic N) is 4. The predicted octanol–water partition coefficient (Wildman–Crippen LogP) is 1.64. The van der Waals surface area contributed by atoms with E-state index in [9.17, 15) is 9.90 Å². The molecule has 1 aliphatic carbocycles. The smallest absolute Gasteiger partial charge is 0.243 e. The zero-order chi connectivity index (χ0) is 17.3. The molecule has 1 saturated carbocycles. The Balaban J connectivity index is 1.46. The molecule has 1 spiro atoms. The number of aromatic nitrogens is 2. The standard InChI is InChI=1S/C19H30N4O2/c24-17-6-4-16(5-7-17)23-13-2-9-19(18(23)25)8-1-11-21(19)14-15-22-12-3-10-20-22/h3,10,12,16-17,24H,1-2,4-9,11,13-15H2. The van der Waals surface area contributed by atoms with Crippen LogP contribution in [0.2, 0.25) is 0 Å². The summed E-state index contributed by atoms with van der Waals surface area (Å²) >= 11 is 0. The van der Waals surface area contributed by atoms with Gasteiger partial charge in [-0.2, -0.15) is 5.10 Å². The van der Waals surface area contributed by atoms with E-state index in [0.29, 0.717) is 11.9 Å². The second kappa shape index (κ2) is 7.08. The van der Waals surface area contributed by atoms with Gasteiger partial charge in [-0.25, -0.2) is 0 Å². The molecule has 0 bridgehead atoms. The van der Waals surface area contributed by atoms with Crippen molar-refractivity contribution in [3.63, 3.8) is 0 Å². The van der Waals surface area contributed by atoms with Gasteiger partial charge < -0.3 is 10.0 Å². The van der Waals surface area contributed by atoms with E-state index < -0.39 is 0 Å². The molecule has 3 fully saturated rings. The summed E-state index contributed by atoms with van der Waals surface area (Å²) < 4.78 is 1.96. The fraction of sp³-hybridized carbons (Fsp3) is 0.789. The van der Waals surface area contributed by atoms with E-state index in [2.05, 4.69) is 14.9 Å². The Kier molecular flexibility index (Phi) is 4.82. The average Bonchev–Trinajstić information content (AvgIpc) is 3.27. The highest BCUT2D eigenvalue weighted by atomic mass is 16.3. The first kappa shape index (κ1) is 17.0. The van der Waals surface area contributed by atoms with E-state index in [1.165, 1.54) is 0 Å². The van der Waals surface area contributed by atoms with Crippen molar-refractivity contribution in [2.45, 2.75) is 75.6 Å². The lowest BCUT2D eigenvalue weighted by molar-refractivity contribution is -0.151. The lowest BCUT2D eigenvalue weighted by Gasteiger charge is -2.48. The molecular weight excluding hydrogens is 316 g/mol. The number of amides is 1. The van der Waals surface area contributed by atoms with Gasteiger partial charge in [0.2, 0.25) is 5.91 Å². The monoisotopic (exact) mass is 346 g/mol. The van der Waals surface area contributed by atoms with E-state index in [4.69, 9.17) is 0 Å². The lowest BCUT2D eigenvalue weighted by atomic mass is 9.82. The molecule has 1 amide bonds. The Hall–Kier alpha value is -1.40. The van der Waals surface area contributed by atoms with Crippen LogP contribution in [0.3, 0.4) is 0 Å². The summed E-state index contributed by atoms with van der Waals surface area (Å²) in [5.74, 6) is 0.359. The van der Waals surface area contributed by atoms with Crippen molar-refractivity contribution in [3.8, 4) is 0 Å². The van der Waals surface area contributed by atoms with E-state index >= 15 is 0 Å². The molecule has 25 heavy (non-hydrogen) atoms. The van der Waals surface area contributed by atoms with E-state index in [1.807, 2.05) is 23.1 Å². The van der Waals surface area contributed by atoms with Gasteiger partial charge in [0.05, 0.1) is 12.6 Å². The third kappa shape index (κ3) is 3.22. The topological polar surface area (TPSA) is 61.6 Å². The highest BCUT2D eigenvalue weighted by Gasteiger charge is 2.51. The van der Waals surface area contributed by atoms with Crippen LogP contribution in [0.4, 0.5) is 0 Å². The second-order valence-corrected chi connectivity index (χ2v) is 7.96. The van der Waals surface area contributed by atoms with E-state index in [1.54, 1.807) is 0 Å². The third-order valence-corrected chi connectivity index (χ3v) is 6.54. The molecule has 6 heteroatoms. The van der Waals surface area contributed by atoms with Crippen LogP contribution in [-0.4, -0.2) is 67.9 Å². The number of rotatable bonds is 4. The molecule has 1 aromatic heterocycles. The molecule has 4 rings (SSSR count). The number of aliphatic hydroxyl groups excluding tert-OH is 1. The number of piperidine rings is 1. The van der Waals surface area contributed by atoms with Gasteiger partial charge in [-0.1, -0.05) is 0 Å². The summed E-state index contributed by atoms with van der Waals surface area (Å²) in [6, 6.07) is 2.28. The van der Waals surface area contributed by atoms with Crippen molar-refractivity contribution in [3.05, 3.63) is 18.5 Å². The number of aliphatic hydroxyl groups is 1. The maximum Gasteiger partial charge on any atom is 0.243 e. The van der Waals surface area contributed by atoms with Crippen LogP contribution in [0.1, 0.15) is 51.4 Å². The van der Waals surface area contributed by atoms with Crippen LogP contribution in [-0.2, 0) is 11.3 Å². The normalized spacial score (nSPS) is 34.1. The van der Waals surface area contributed by atoms with Gasteiger partial charge in [-0.05, 0) is 64.0 Å². The van der Waals surface area contributed by atoms with Crippen LogP contribution in [0.25, 0.3) is 0 Å². The molecule has 6 nitrogen and oxygen atoms in total. The summed E-state index contributed by atoms with van der Waals surface area (Å²) in [4.78, 5) is 18.1. The molecule has 0 aromatic carbocycles. The van der Waals surface area contributed by atoms with Gasteiger partial charge in [0, 0.05) is 31.5 Å². The Labute approximate surface area is 149 Å². The fourth-order valence-electron chi connectivity index (χ4n) is 5.18. The minimum absolute atomic E-state index is 0.165. The number of carbonyl (C=O) groups is 1. The quantitative estimate of drug-likeness (QED) is 0.900. The zero-order valence-electron chi connectivity index (χ0n) is 15.0. The molecule has 1 N–H and O–H groups in total. The Morgan fingerprint density at radius 3 is 2.60 bits per heavy atom. The first-order chi connectivity index (χ1) is 12.2. The number of carbonyl (C=O) groups excluding carboxylic acids is 1. The zero-order valence-corrected chi connectivity index (χ0v) is 15.0. The van der Waals surface area contributed by atoms with Crippen molar-refractivity contribution in [2.24, 2.45) is 0 Å². The molecule has 3 heterocycles. The SMILES string of the molecule is O=C1N(C2CCC(O)CC2)CCCC12CCCN2CCn1cccn1.